The van der Waals surface area contributed by atoms with E-state index in [1.165, 1.54) is 24.5 Å². The number of aromatic nitrogens is 3. The predicted octanol–water partition coefficient (Wildman–Crippen LogP) is 4.50. The van der Waals surface area contributed by atoms with E-state index in [-0.39, 0.29) is 11.2 Å². The van der Waals surface area contributed by atoms with E-state index in [0.717, 1.165) is 43.6 Å². The van der Waals surface area contributed by atoms with Crippen molar-refractivity contribution in [1.82, 2.24) is 15.2 Å². The molecule has 4 nitrogen and oxygen atoms in total. The molecule has 0 saturated heterocycles. The van der Waals surface area contributed by atoms with Crippen molar-refractivity contribution >= 4 is 11.4 Å². The van der Waals surface area contributed by atoms with Crippen molar-refractivity contribution < 1.29 is 4.39 Å². The summed E-state index contributed by atoms with van der Waals surface area (Å²) in [5.74, 6) is 0.525. The largest absolute Gasteiger partial charge is 0.368 e. The molecule has 0 unspecified atom stereocenters. The second kappa shape index (κ2) is 6.90. The van der Waals surface area contributed by atoms with Crippen LogP contribution in [0, 0.1) is 5.82 Å². The third kappa shape index (κ3) is 3.28. The average Bonchev–Trinajstić information content (AvgIpc) is 2.63. The molecule has 0 aromatic carbocycles. The number of hydrogen-bond acceptors (Lipinski definition) is 4. The number of hydrogen-bond donors (Lipinski definition) is 1. The SMILES string of the molecule is Fc1cccnc1C1(CNc2ccc(C3=CCCCC3)nn2)CCC1. The molecule has 0 amide bonds. The molecule has 130 valence electrons. The molecule has 0 spiro atoms. The van der Waals surface area contributed by atoms with Gasteiger partial charge in [0.05, 0.1) is 11.4 Å². The molecular formula is C20H23FN4. The summed E-state index contributed by atoms with van der Waals surface area (Å²) in [4.78, 5) is 4.30. The lowest BCUT2D eigenvalue weighted by atomic mass is 9.66. The van der Waals surface area contributed by atoms with E-state index in [9.17, 15) is 4.39 Å². The number of pyridine rings is 1. The molecule has 0 radical (unpaired) electrons. The highest BCUT2D eigenvalue weighted by Crippen LogP contribution is 2.43. The van der Waals surface area contributed by atoms with Crippen LogP contribution >= 0.6 is 0 Å². The van der Waals surface area contributed by atoms with E-state index in [1.807, 2.05) is 12.1 Å². The molecule has 0 atom stereocenters. The average molecular weight is 338 g/mol. The number of halogens is 1. The number of nitrogens with one attached hydrogen (secondary N) is 1. The van der Waals surface area contributed by atoms with Gasteiger partial charge in [-0.05, 0) is 68.4 Å². The molecule has 0 aliphatic heterocycles. The fraction of sp³-hybridized carbons (Fsp3) is 0.450. The predicted molar refractivity (Wildman–Crippen MR) is 96.7 cm³/mol. The Morgan fingerprint density at radius 3 is 2.64 bits per heavy atom. The van der Waals surface area contributed by atoms with Gasteiger partial charge in [0.2, 0.25) is 0 Å². The molecule has 25 heavy (non-hydrogen) atoms. The van der Waals surface area contributed by atoms with Gasteiger partial charge in [0.25, 0.3) is 0 Å². The molecular weight excluding hydrogens is 315 g/mol. The lowest BCUT2D eigenvalue weighted by molar-refractivity contribution is 0.243. The van der Waals surface area contributed by atoms with Crippen molar-refractivity contribution in [3.8, 4) is 0 Å². The van der Waals surface area contributed by atoms with Crippen LogP contribution in [0.15, 0.2) is 36.5 Å². The van der Waals surface area contributed by atoms with Crippen LogP contribution < -0.4 is 5.32 Å². The summed E-state index contributed by atoms with van der Waals surface area (Å²) in [5, 5.41) is 12.0. The summed E-state index contributed by atoms with van der Waals surface area (Å²) in [5.41, 5.74) is 2.62. The Morgan fingerprint density at radius 1 is 1.08 bits per heavy atom. The standard InChI is InChI=1S/C20H23FN4/c21-16-8-4-13-22-19(16)20(11-5-12-20)14-23-18-10-9-17(24-25-18)15-6-2-1-3-7-15/h4,6,8-10,13H,1-3,5,7,11-12,14H2,(H,23,25). The Kier molecular flexibility index (Phi) is 4.47. The van der Waals surface area contributed by atoms with Gasteiger partial charge in [0.15, 0.2) is 0 Å². The van der Waals surface area contributed by atoms with E-state index >= 15 is 0 Å². The molecule has 1 fully saturated rings. The van der Waals surface area contributed by atoms with Gasteiger partial charge in [0, 0.05) is 18.2 Å². The quantitative estimate of drug-likeness (QED) is 0.872. The highest BCUT2D eigenvalue weighted by atomic mass is 19.1. The van der Waals surface area contributed by atoms with Crippen molar-refractivity contribution in [3.05, 3.63) is 53.7 Å². The van der Waals surface area contributed by atoms with E-state index < -0.39 is 0 Å². The van der Waals surface area contributed by atoms with Crippen molar-refractivity contribution in [2.75, 3.05) is 11.9 Å². The molecule has 2 heterocycles. The van der Waals surface area contributed by atoms with Crippen LogP contribution in [-0.4, -0.2) is 21.7 Å². The maximum Gasteiger partial charge on any atom is 0.148 e. The zero-order valence-electron chi connectivity index (χ0n) is 14.3. The smallest absolute Gasteiger partial charge is 0.148 e. The van der Waals surface area contributed by atoms with Crippen LogP contribution in [0.5, 0.6) is 0 Å². The van der Waals surface area contributed by atoms with Crippen LogP contribution in [-0.2, 0) is 5.41 Å². The summed E-state index contributed by atoms with van der Waals surface area (Å²) < 4.78 is 14.2. The first kappa shape index (κ1) is 16.2. The van der Waals surface area contributed by atoms with Crippen LogP contribution in [0.1, 0.15) is 56.3 Å². The Morgan fingerprint density at radius 2 is 2.00 bits per heavy atom. The minimum Gasteiger partial charge on any atom is -0.368 e. The summed E-state index contributed by atoms with van der Waals surface area (Å²) in [6, 6.07) is 7.14. The number of nitrogens with zero attached hydrogens (tertiary/aromatic N) is 3. The third-order valence-electron chi connectivity index (χ3n) is 5.46. The lowest BCUT2D eigenvalue weighted by Crippen LogP contribution is -2.42. The van der Waals surface area contributed by atoms with Gasteiger partial charge < -0.3 is 5.32 Å². The van der Waals surface area contributed by atoms with Gasteiger partial charge in [-0.3, -0.25) is 4.98 Å². The van der Waals surface area contributed by atoms with Gasteiger partial charge in [-0.15, -0.1) is 10.2 Å². The van der Waals surface area contributed by atoms with Crippen LogP contribution in [0.25, 0.3) is 5.57 Å². The van der Waals surface area contributed by atoms with Gasteiger partial charge in [-0.25, -0.2) is 4.39 Å². The molecule has 5 heteroatoms. The minimum absolute atomic E-state index is 0.213. The normalized spacial score (nSPS) is 19.0. The van der Waals surface area contributed by atoms with E-state index in [0.29, 0.717) is 12.2 Å². The molecule has 2 aliphatic carbocycles. The highest BCUT2D eigenvalue weighted by Gasteiger charge is 2.41. The van der Waals surface area contributed by atoms with Crippen LogP contribution in [0.3, 0.4) is 0 Å². The summed E-state index contributed by atoms with van der Waals surface area (Å²) in [6.07, 6.45) is 11.7. The number of allylic oxidation sites excluding steroid dienone is 2. The fourth-order valence-electron chi connectivity index (χ4n) is 3.81. The minimum atomic E-state index is -0.225. The fourth-order valence-corrected chi connectivity index (χ4v) is 3.81. The van der Waals surface area contributed by atoms with E-state index in [4.69, 9.17) is 0 Å². The Bertz CT molecular complexity index is 766. The van der Waals surface area contributed by atoms with Gasteiger partial charge >= 0.3 is 0 Å². The van der Waals surface area contributed by atoms with Crippen molar-refractivity contribution in [3.63, 3.8) is 0 Å². The maximum absolute atomic E-state index is 14.2. The summed E-state index contributed by atoms with van der Waals surface area (Å²) >= 11 is 0. The Labute approximate surface area is 147 Å². The van der Waals surface area contributed by atoms with Gasteiger partial charge in [-0.1, -0.05) is 12.5 Å². The first-order valence-corrected chi connectivity index (χ1v) is 9.15. The summed E-state index contributed by atoms with van der Waals surface area (Å²) in [7, 11) is 0. The van der Waals surface area contributed by atoms with Crippen LogP contribution in [0.2, 0.25) is 0 Å². The first-order valence-electron chi connectivity index (χ1n) is 9.15. The maximum atomic E-state index is 14.2. The van der Waals surface area contributed by atoms with Crippen molar-refractivity contribution in [2.45, 2.75) is 50.4 Å². The lowest BCUT2D eigenvalue weighted by Gasteiger charge is -2.41. The Hall–Kier alpha value is -2.30. The molecule has 2 aliphatic rings. The van der Waals surface area contributed by atoms with Gasteiger partial charge in [-0.2, -0.15) is 0 Å². The monoisotopic (exact) mass is 338 g/mol. The van der Waals surface area contributed by atoms with Crippen LogP contribution in [0.4, 0.5) is 10.2 Å². The highest BCUT2D eigenvalue weighted by molar-refractivity contribution is 5.63. The first-order chi connectivity index (χ1) is 12.3. The second-order valence-corrected chi connectivity index (χ2v) is 7.10. The number of anilines is 1. The van der Waals surface area contributed by atoms with Gasteiger partial charge in [0.1, 0.15) is 11.6 Å². The zero-order valence-corrected chi connectivity index (χ0v) is 14.3. The molecule has 1 N–H and O–H groups in total. The molecule has 0 bridgehead atoms. The van der Waals surface area contributed by atoms with E-state index in [2.05, 4.69) is 26.6 Å². The number of rotatable bonds is 5. The molecule has 2 aromatic rings. The Balaban J connectivity index is 1.45. The molecule has 4 rings (SSSR count). The van der Waals surface area contributed by atoms with Crippen molar-refractivity contribution in [1.29, 1.82) is 0 Å². The zero-order chi connectivity index (χ0) is 17.1. The molecule has 2 aromatic heterocycles. The van der Waals surface area contributed by atoms with E-state index in [1.54, 1.807) is 12.3 Å². The molecule has 1 saturated carbocycles. The summed E-state index contributed by atoms with van der Waals surface area (Å²) in [6.45, 7) is 0.637. The second-order valence-electron chi connectivity index (χ2n) is 7.10. The van der Waals surface area contributed by atoms with Crippen molar-refractivity contribution in [2.24, 2.45) is 0 Å². The third-order valence-corrected chi connectivity index (χ3v) is 5.46. The topological polar surface area (TPSA) is 50.7 Å².